The molecule has 0 radical (unpaired) electrons. The van der Waals surface area contributed by atoms with E-state index >= 15 is 0 Å². The first-order valence-electron chi connectivity index (χ1n) is 7.56. The van der Waals surface area contributed by atoms with Crippen molar-refractivity contribution in [3.05, 3.63) is 47.0 Å². The van der Waals surface area contributed by atoms with Gasteiger partial charge < -0.3 is 10.5 Å². The Kier molecular flexibility index (Phi) is 4.80. The van der Waals surface area contributed by atoms with E-state index in [0.29, 0.717) is 16.7 Å². The van der Waals surface area contributed by atoms with Gasteiger partial charge in [-0.2, -0.15) is 0 Å². The van der Waals surface area contributed by atoms with Crippen molar-refractivity contribution < 1.29 is 19.1 Å². The summed E-state index contributed by atoms with van der Waals surface area (Å²) >= 11 is 0. The Labute approximate surface area is 135 Å². The molecule has 1 aromatic carbocycles. The summed E-state index contributed by atoms with van der Waals surface area (Å²) in [5.41, 5.74) is 6.41. The maximum atomic E-state index is 12.4. The molecule has 1 unspecified atom stereocenters. The topological polar surface area (TPSA) is 86.5 Å². The molecule has 0 aliphatic heterocycles. The van der Waals surface area contributed by atoms with Gasteiger partial charge in [-0.15, -0.1) is 0 Å². The predicted molar refractivity (Wildman–Crippen MR) is 86.2 cm³/mol. The molecule has 2 rings (SSSR count). The molecule has 0 fully saturated rings. The summed E-state index contributed by atoms with van der Waals surface area (Å²) in [6.07, 6.45) is 1.85. The minimum Gasteiger partial charge on any atom is -0.459 e. The predicted octanol–water partition coefficient (Wildman–Crippen LogP) is 2.44. The molecule has 1 atom stereocenters. The quantitative estimate of drug-likeness (QED) is 0.862. The fraction of sp³-hybridized carbons (Fsp3) is 0.389. The fourth-order valence-corrected chi connectivity index (χ4v) is 2.36. The summed E-state index contributed by atoms with van der Waals surface area (Å²) in [6, 6.07) is 5.89. The lowest BCUT2D eigenvalue weighted by Gasteiger charge is -2.22. The molecule has 0 heterocycles. The van der Waals surface area contributed by atoms with Crippen LogP contribution in [0.2, 0.25) is 0 Å². The summed E-state index contributed by atoms with van der Waals surface area (Å²) in [7, 11) is 0. The van der Waals surface area contributed by atoms with Gasteiger partial charge in [0.1, 0.15) is 11.6 Å². The Morgan fingerprint density at radius 3 is 2.39 bits per heavy atom. The molecule has 0 saturated heterocycles. The number of ketones is 2. The van der Waals surface area contributed by atoms with Gasteiger partial charge in [0, 0.05) is 16.7 Å². The van der Waals surface area contributed by atoms with Gasteiger partial charge >= 0.3 is 5.97 Å². The first-order chi connectivity index (χ1) is 10.7. The molecule has 122 valence electrons. The molecule has 2 N–H and O–H groups in total. The molecule has 0 saturated carbocycles. The zero-order valence-electron chi connectivity index (χ0n) is 13.6. The minimum absolute atomic E-state index is 0.184. The van der Waals surface area contributed by atoms with E-state index in [1.165, 1.54) is 6.08 Å². The van der Waals surface area contributed by atoms with Gasteiger partial charge in [0.2, 0.25) is 0 Å². The Balaban J connectivity index is 2.03. The fourth-order valence-electron chi connectivity index (χ4n) is 2.36. The van der Waals surface area contributed by atoms with Gasteiger partial charge in [-0.3, -0.25) is 14.4 Å². The second-order valence-electron chi connectivity index (χ2n) is 6.59. The smallest absolute Gasteiger partial charge is 0.323 e. The normalized spacial score (nSPS) is 15.7. The lowest BCUT2D eigenvalue weighted by molar-refractivity contribution is -0.156. The van der Waals surface area contributed by atoms with Crippen molar-refractivity contribution in [3.8, 4) is 0 Å². The molecule has 0 bridgehead atoms. The van der Waals surface area contributed by atoms with Crippen LogP contribution in [0.5, 0.6) is 0 Å². The lowest BCUT2D eigenvalue weighted by atomic mass is 9.87. The average molecular weight is 315 g/mol. The minimum atomic E-state index is -0.824. The van der Waals surface area contributed by atoms with Crippen molar-refractivity contribution >= 4 is 17.5 Å². The van der Waals surface area contributed by atoms with Crippen molar-refractivity contribution in [2.75, 3.05) is 0 Å². The van der Waals surface area contributed by atoms with Crippen LogP contribution in [-0.4, -0.2) is 29.2 Å². The molecule has 1 aromatic rings. The van der Waals surface area contributed by atoms with Crippen molar-refractivity contribution in [1.82, 2.24) is 0 Å². The van der Waals surface area contributed by atoms with Crippen LogP contribution in [-0.2, 0) is 9.53 Å². The summed E-state index contributed by atoms with van der Waals surface area (Å²) < 4.78 is 5.21. The maximum absolute atomic E-state index is 12.4. The van der Waals surface area contributed by atoms with E-state index in [0.717, 1.165) is 0 Å². The number of fused-ring (bicyclic) bond motifs is 1. The number of hydrogen-bond acceptors (Lipinski definition) is 5. The van der Waals surface area contributed by atoms with Crippen LogP contribution >= 0.6 is 0 Å². The molecule has 1 aliphatic carbocycles. The van der Waals surface area contributed by atoms with Crippen LogP contribution in [0.15, 0.2) is 35.9 Å². The summed E-state index contributed by atoms with van der Waals surface area (Å²) in [6.45, 7) is 5.29. The number of rotatable bonds is 4. The summed E-state index contributed by atoms with van der Waals surface area (Å²) in [5.74, 6) is -0.884. The van der Waals surface area contributed by atoms with E-state index < -0.39 is 17.6 Å². The Hall–Kier alpha value is -2.27. The SMILES string of the molecule is CC(C)(C)OC(=O)C(N)CCC1=CC(=O)c2ccccc2C1=O. The van der Waals surface area contributed by atoms with Gasteiger partial charge in [0.15, 0.2) is 11.6 Å². The van der Waals surface area contributed by atoms with E-state index in [2.05, 4.69) is 0 Å². The zero-order valence-corrected chi connectivity index (χ0v) is 13.6. The summed E-state index contributed by atoms with van der Waals surface area (Å²) in [5, 5.41) is 0. The molecule has 0 amide bonds. The van der Waals surface area contributed by atoms with Crippen molar-refractivity contribution in [2.45, 2.75) is 45.3 Å². The van der Waals surface area contributed by atoms with Crippen molar-refractivity contribution in [2.24, 2.45) is 5.73 Å². The highest BCUT2D eigenvalue weighted by atomic mass is 16.6. The van der Waals surface area contributed by atoms with E-state index in [1.807, 2.05) is 0 Å². The van der Waals surface area contributed by atoms with E-state index in [9.17, 15) is 14.4 Å². The molecular formula is C18H21NO4. The van der Waals surface area contributed by atoms with Crippen LogP contribution in [0.1, 0.15) is 54.3 Å². The molecule has 5 heteroatoms. The number of ether oxygens (including phenoxy) is 1. The standard InChI is InChI=1S/C18H21NO4/c1-18(2,3)23-17(22)14(19)9-8-11-10-15(20)12-6-4-5-7-13(12)16(11)21/h4-7,10,14H,8-9,19H2,1-3H3. The van der Waals surface area contributed by atoms with Crippen molar-refractivity contribution in [1.29, 1.82) is 0 Å². The largest absolute Gasteiger partial charge is 0.459 e. The van der Waals surface area contributed by atoms with E-state index in [4.69, 9.17) is 10.5 Å². The van der Waals surface area contributed by atoms with Gasteiger partial charge in [-0.1, -0.05) is 24.3 Å². The molecule has 5 nitrogen and oxygen atoms in total. The first kappa shape index (κ1) is 17.1. The lowest BCUT2D eigenvalue weighted by Crippen LogP contribution is -2.37. The second-order valence-corrected chi connectivity index (χ2v) is 6.59. The number of Topliss-reactive ketones (excluding diaryl/α,β-unsaturated/α-hetero) is 1. The van der Waals surface area contributed by atoms with Crippen LogP contribution in [0.25, 0.3) is 0 Å². The third kappa shape index (κ3) is 4.13. The van der Waals surface area contributed by atoms with Crippen LogP contribution in [0.4, 0.5) is 0 Å². The number of nitrogens with two attached hydrogens (primary N) is 1. The van der Waals surface area contributed by atoms with Crippen LogP contribution in [0, 0.1) is 0 Å². The summed E-state index contributed by atoms with van der Waals surface area (Å²) in [4.78, 5) is 36.3. The van der Waals surface area contributed by atoms with Gasteiger partial charge in [0.05, 0.1) is 0 Å². The average Bonchev–Trinajstić information content (AvgIpc) is 2.47. The highest BCUT2D eigenvalue weighted by Gasteiger charge is 2.27. The van der Waals surface area contributed by atoms with Crippen LogP contribution in [0.3, 0.4) is 0 Å². The number of carbonyl (C=O) groups is 3. The zero-order chi connectivity index (χ0) is 17.2. The van der Waals surface area contributed by atoms with Gasteiger partial charge in [-0.25, -0.2) is 0 Å². The first-order valence-corrected chi connectivity index (χ1v) is 7.56. The number of benzene rings is 1. The number of carbonyl (C=O) groups excluding carboxylic acids is 3. The highest BCUT2D eigenvalue weighted by Crippen LogP contribution is 2.24. The second kappa shape index (κ2) is 6.46. The molecule has 23 heavy (non-hydrogen) atoms. The third-order valence-corrected chi connectivity index (χ3v) is 3.47. The van der Waals surface area contributed by atoms with Crippen molar-refractivity contribution in [3.63, 3.8) is 0 Å². The Bertz CT molecular complexity index is 683. The molecule has 1 aliphatic rings. The Morgan fingerprint density at radius 1 is 1.17 bits per heavy atom. The third-order valence-electron chi connectivity index (χ3n) is 3.47. The Morgan fingerprint density at radius 2 is 1.78 bits per heavy atom. The number of allylic oxidation sites excluding steroid dienone is 2. The molecule has 0 spiro atoms. The van der Waals surface area contributed by atoms with E-state index in [-0.39, 0.29) is 24.4 Å². The van der Waals surface area contributed by atoms with Gasteiger partial charge in [0.25, 0.3) is 0 Å². The monoisotopic (exact) mass is 315 g/mol. The molecule has 0 aromatic heterocycles. The maximum Gasteiger partial charge on any atom is 0.323 e. The highest BCUT2D eigenvalue weighted by molar-refractivity contribution is 6.24. The van der Waals surface area contributed by atoms with Crippen LogP contribution < -0.4 is 5.73 Å². The molecular weight excluding hydrogens is 294 g/mol. The van der Waals surface area contributed by atoms with E-state index in [1.54, 1.807) is 45.0 Å². The number of esters is 1. The van der Waals surface area contributed by atoms with Gasteiger partial charge in [-0.05, 0) is 39.7 Å². The number of hydrogen-bond donors (Lipinski definition) is 1.